The van der Waals surface area contributed by atoms with Crippen LogP contribution in [-0.2, 0) is 4.74 Å². The zero-order chi connectivity index (χ0) is 13.2. The van der Waals surface area contributed by atoms with E-state index in [0.29, 0.717) is 5.92 Å². The number of pyridine rings is 1. The molecule has 1 atom stereocenters. The maximum atomic E-state index is 11.9. The fourth-order valence-electron chi connectivity index (χ4n) is 2.14. The van der Waals surface area contributed by atoms with E-state index in [4.69, 9.17) is 4.74 Å². The summed E-state index contributed by atoms with van der Waals surface area (Å²) in [7, 11) is 0. The molecule has 0 aliphatic carbocycles. The minimum atomic E-state index is -0.427. The lowest BCUT2D eigenvalue weighted by atomic mass is 10.0. The third-order valence-corrected chi connectivity index (χ3v) is 3.00. The molecule has 2 heterocycles. The molecule has 0 bridgehead atoms. The molecule has 0 spiro atoms. The Hall–Kier alpha value is -1.58. The van der Waals surface area contributed by atoms with Crippen LogP contribution in [0.3, 0.4) is 0 Å². The van der Waals surface area contributed by atoms with Crippen LogP contribution in [0.1, 0.15) is 38.7 Å². The Kier molecular flexibility index (Phi) is 3.55. The number of likely N-dealkylation sites (tertiary alicyclic amines) is 1. The summed E-state index contributed by atoms with van der Waals surface area (Å²) in [5.41, 5.74) is 0.771. The molecule has 1 amide bonds. The van der Waals surface area contributed by atoms with Crippen molar-refractivity contribution in [3.63, 3.8) is 0 Å². The monoisotopic (exact) mass is 248 g/mol. The van der Waals surface area contributed by atoms with Gasteiger partial charge in [-0.3, -0.25) is 4.98 Å². The predicted molar refractivity (Wildman–Crippen MR) is 69.4 cm³/mol. The van der Waals surface area contributed by atoms with Crippen molar-refractivity contribution in [1.82, 2.24) is 9.88 Å². The molecule has 0 aromatic carbocycles. The summed E-state index contributed by atoms with van der Waals surface area (Å²) in [6, 6.07) is 4.00. The number of amides is 1. The van der Waals surface area contributed by atoms with Gasteiger partial charge in [-0.15, -0.1) is 0 Å². The molecule has 1 saturated heterocycles. The Bertz CT molecular complexity index is 412. The van der Waals surface area contributed by atoms with Crippen LogP contribution in [0.5, 0.6) is 0 Å². The van der Waals surface area contributed by atoms with Crippen molar-refractivity contribution >= 4 is 6.09 Å². The second kappa shape index (κ2) is 4.96. The Morgan fingerprint density at radius 3 is 2.89 bits per heavy atom. The van der Waals surface area contributed by atoms with Crippen LogP contribution in [0.15, 0.2) is 24.5 Å². The molecule has 1 fully saturated rings. The summed E-state index contributed by atoms with van der Waals surface area (Å²) in [6.07, 6.45) is 4.41. The van der Waals surface area contributed by atoms with Gasteiger partial charge in [-0.25, -0.2) is 4.79 Å². The number of carbonyl (C=O) groups excluding carboxylic acids is 1. The van der Waals surface area contributed by atoms with Crippen LogP contribution >= 0.6 is 0 Å². The third-order valence-electron chi connectivity index (χ3n) is 3.00. The van der Waals surface area contributed by atoms with E-state index in [2.05, 4.69) is 11.1 Å². The molecule has 0 saturated carbocycles. The van der Waals surface area contributed by atoms with Crippen molar-refractivity contribution in [3.8, 4) is 0 Å². The number of hydrogen-bond donors (Lipinski definition) is 0. The van der Waals surface area contributed by atoms with Gasteiger partial charge >= 0.3 is 6.09 Å². The van der Waals surface area contributed by atoms with Crippen LogP contribution in [0.4, 0.5) is 4.79 Å². The number of rotatable bonds is 1. The quantitative estimate of drug-likeness (QED) is 0.767. The first-order valence-electron chi connectivity index (χ1n) is 6.33. The smallest absolute Gasteiger partial charge is 0.410 e. The van der Waals surface area contributed by atoms with Crippen LogP contribution in [-0.4, -0.2) is 34.7 Å². The van der Waals surface area contributed by atoms with E-state index in [0.717, 1.165) is 19.5 Å². The van der Waals surface area contributed by atoms with Crippen molar-refractivity contribution in [2.75, 3.05) is 13.1 Å². The van der Waals surface area contributed by atoms with Crippen LogP contribution in [0.25, 0.3) is 0 Å². The Balaban J connectivity index is 1.95. The summed E-state index contributed by atoms with van der Waals surface area (Å²) in [4.78, 5) is 17.8. The molecule has 98 valence electrons. The molecule has 4 nitrogen and oxygen atoms in total. The topological polar surface area (TPSA) is 42.4 Å². The first-order chi connectivity index (χ1) is 8.46. The standard InChI is InChI=1S/C14H20N2O2/c1-14(2,3)18-13(17)16-8-6-12(10-16)11-5-4-7-15-9-11/h4-5,7,9,12H,6,8,10H2,1-3H3/t12-/m0/s1. The number of ether oxygens (including phenoxy) is 1. The van der Waals surface area contributed by atoms with Gasteiger partial charge in [-0.1, -0.05) is 6.07 Å². The van der Waals surface area contributed by atoms with Gasteiger partial charge in [0.25, 0.3) is 0 Å². The van der Waals surface area contributed by atoms with E-state index in [1.165, 1.54) is 5.56 Å². The molecule has 4 heteroatoms. The number of hydrogen-bond acceptors (Lipinski definition) is 3. The van der Waals surface area contributed by atoms with Gasteiger partial charge in [0.15, 0.2) is 0 Å². The summed E-state index contributed by atoms with van der Waals surface area (Å²) in [6.45, 7) is 7.15. The molecule has 1 aromatic heterocycles. The van der Waals surface area contributed by atoms with Crippen LogP contribution in [0.2, 0.25) is 0 Å². The van der Waals surface area contributed by atoms with Crippen molar-refractivity contribution in [3.05, 3.63) is 30.1 Å². The first kappa shape index (κ1) is 12.9. The van der Waals surface area contributed by atoms with Gasteiger partial charge in [-0.05, 0) is 38.8 Å². The summed E-state index contributed by atoms with van der Waals surface area (Å²) in [5.74, 6) is 0.381. The highest BCUT2D eigenvalue weighted by atomic mass is 16.6. The van der Waals surface area contributed by atoms with Crippen molar-refractivity contribution < 1.29 is 9.53 Å². The molecular formula is C14H20N2O2. The van der Waals surface area contributed by atoms with E-state index >= 15 is 0 Å². The van der Waals surface area contributed by atoms with Gasteiger partial charge in [0.2, 0.25) is 0 Å². The van der Waals surface area contributed by atoms with Crippen LogP contribution < -0.4 is 0 Å². The molecule has 18 heavy (non-hydrogen) atoms. The lowest BCUT2D eigenvalue weighted by Crippen LogP contribution is -2.35. The van der Waals surface area contributed by atoms with Gasteiger partial charge < -0.3 is 9.64 Å². The summed E-state index contributed by atoms with van der Waals surface area (Å²) >= 11 is 0. The minimum Gasteiger partial charge on any atom is -0.444 e. The van der Waals surface area contributed by atoms with E-state index in [1.54, 1.807) is 11.1 Å². The Morgan fingerprint density at radius 1 is 1.50 bits per heavy atom. The normalized spacial score (nSPS) is 19.9. The predicted octanol–water partition coefficient (Wildman–Crippen LogP) is 2.81. The van der Waals surface area contributed by atoms with E-state index in [1.807, 2.05) is 33.0 Å². The van der Waals surface area contributed by atoms with E-state index in [-0.39, 0.29) is 6.09 Å². The van der Waals surface area contributed by atoms with Gasteiger partial charge in [0.1, 0.15) is 5.60 Å². The fourth-order valence-corrected chi connectivity index (χ4v) is 2.14. The third kappa shape index (κ3) is 3.22. The molecule has 1 aliphatic rings. The number of carbonyl (C=O) groups is 1. The Labute approximate surface area is 108 Å². The highest BCUT2D eigenvalue weighted by molar-refractivity contribution is 5.68. The molecule has 1 aromatic rings. The first-order valence-corrected chi connectivity index (χ1v) is 6.33. The maximum Gasteiger partial charge on any atom is 0.410 e. The number of nitrogens with zero attached hydrogens (tertiary/aromatic N) is 2. The van der Waals surface area contributed by atoms with Crippen molar-refractivity contribution in [1.29, 1.82) is 0 Å². The SMILES string of the molecule is CC(C)(C)OC(=O)N1CC[C@H](c2cccnc2)C1. The van der Waals surface area contributed by atoms with Gasteiger partial charge in [0, 0.05) is 31.4 Å². The molecular weight excluding hydrogens is 228 g/mol. The lowest BCUT2D eigenvalue weighted by molar-refractivity contribution is 0.0292. The summed E-state index contributed by atoms with van der Waals surface area (Å²) < 4.78 is 5.38. The lowest BCUT2D eigenvalue weighted by Gasteiger charge is -2.24. The van der Waals surface area contributed by atoms with E-state index in [9.17, 15) is 4.79 Å². The Morgan fingerprint density at radius 2 is 2.28 bits per heavy atom. The number of aromatic nitrogens is 1. The van der Waals surface area contributed by atoms with Crippen molar-refractivity contribution in [2.24, 2.45) is 0 Å². The molecule has 0 unspecified atom stereocenters. The average molecular weight is 248 g/mol. The van der Waals surface area contributed by atoms with Gasteiger partial charge in [-0.2, -0.15) is 0 Å². The highest BCUT2D eigenvalue weighted by Crippen LogP contribution is 2.27. The minimum absolute atomic E-state index is 0.214. The molecule has 1 aliphatic heterocycles. The van der Waals surface area contributed by atoms with Gasteiger partial charge in [0.05, 0.1) is 0 Å². The maximum absolute atomic E-state index is 11.9. The largest absolute Gasteiger partial charge is 0.444 e. The second-order valence-electron chi connectivity index (χ2n) is 5.70. The zero-order valence-electron chi connectivity index (χ0n) is 11.2. The average Bonchev–Trinajstić information content (AvgIpc) is 2.77. The molecule has 0 N–H and O–H groups in total. The second-order valence-corrected chi connectivity index (χ2v) is 5.70. The van der Waals surface area contributed by atoms with Crippen LogP contribution in [0, 0.1) is 0 Å². The van der Waals surface area contributed by atoms with E-state index < -0.39 is 5.60 Å². The fraction of sp³-hybridized carbons (Fsp3) is 0.571. The highest BCUT2D eigenvalue weighted by Gasteiger charge is 2.30. The van der Waals surface area contributed by atoms with Crippen molar-refractivity contribution in [2.45, 2.75) is 38.7 Å². The molecule has 2 rings (SSSR count). The zero-order valence-corrected chi connectivity index (χ0v) is 11.2. The summed E-state index contributed by atoms with van der Waals surface area (Å²) in [5, 5.41) is 0. The molecule has 0 radical (unpaired) electrons.